The Bertz CT molecular complexity index is 844. The zero-order chi connectivity index (χ0) is 17.7. The van der Waals surface area contributed by atoms with Crippen LogP contribution >= 0.6 is 22.9 Å². The number of aromatic nitrogens is 1. The molecule has 1 heterocycles. The number of nitrogens with one attached hydrogen (secondary N) is 1. The zero-order valence-corrected chi connectivity index (χ0v) is 14.5. The van der Waals surface area contributed by atoms with Gasteiger partial charge < -0.3 is 14.8 Å². The van der Waals surface area contributed by atoms with Crippen molar-refractivity contribution in [3.63, 3.8) is 0 Å². The summed E-state index contributed by atoms with van der Waals surface area (Å²) in [7, 11) is 2.97. The van der Waals surface area contributed by atoms with Crippen molar-refractivity contribution in [2.45, 2.75) is 6.92 Å². The molecule has 0 aliphatic carbocycles. The largest absolute Gasteiger partial charge is 0.493 e. The number of ether oxygens (including phenoxy) is 2. The smallest absolute Gasteiger partial charge is 0.232 e. The lowest BCUT2D eigenvalue weighted by Crippen LogP contribution is -2.06. The lowest BCUT2D eigenvalue weighted by atomic mass is 10.2. The average Bonchev–Trinajstić information content (AvgIpc) is 2.92. The number of rotatable bonds is 5. The summed E-state index contributed by atoms with van der Waals surface area (Å²) in [4.78, 5) is 15.5. The van der Waals surface area contributed by atoms with Crippen molar-refractivity contribution in [2.75, 3.05) is 19.5 Å². The topological polar surface area (TPSA) is 109 Å². The maximum atomic E-state index is 11.4. The summed E-state index contributed by atoms with van der Waals surface area (Å²) in [6, 6.07) is 5.05. The second-order valence-electron chi connectivity index (χ2n) is 4.33. The van der Waals surface area contributed by atoms with E-state index in [0.717, 1.165) is 11.3 Å². The van der Waals surface area contributed by atoms with E-state index in [-0.39, 0.29) is 21.1 Å². The van der Waals surface area contributed by atoms with E-state index in [0.29, 0.717) is 22.9 Å². The Kier molecular flexibility index (Phi) is 5.68. The molecule has 0 aliphatic heterocycles. The van der Waals surface area contributed by atoms with Gasteiger partial charge >= 0.3 is 0 Å². The maximum absolute atomic E-state index is 11.4. The van der Waals surface area contributed by atoms with Crippen LogP contribution in [0.3, 0.4) is 0 Å². The minimum absolute atomic E-state index is 0.0749. The van der Waals surface area contributed by atoms with Gasteiger partial charge in [-0.3, -0.25) is 4.79 Å². The van der Waals surface area contributed by atoms with Crippen LogP contribution in [0.2, 0.25) is 5.15 Å². The molecule has 0 fully saturated rings. The monoisotopic (exact) mass is 365 g/mol. The number of halogens is 1. The average molecular weight is 366 g/mol. The Morgan fingerprint density at radius 2 is 2.00 bits per heavy atom. The molecule has 0 unspecified atom stereocenters. The number of amides is 1. The first kappa shape index (κ1) is 17.7. The SMILES string of the molecule is COc1cc(/N=N/c2nc(Cl)c(C#N)s2)c(NC(C)=O)cc1OC. The van der Waals surface area contributed by atoms with E-state index in [1.807, 2.05) is 6.07 Å². The van der Waals surface area contributed by atoms with Crippen LogP contribution in [0.1, 0.15) is 11.8 Å². The summed E-state index contributed by atoms with van der Waals surface area (Å²) >= 11 is 6.80. The summed E-state index contributed by atoms with van der Waals surface area (Å²) in [5.41, 5.74) is 0.736. The third-order valence-electron chi connectivity index (χ3n) is 2.73. The number of hydrogen-bond donors (Lipinski definition) is 1. The molecule has 2 aromatic rings. The molecule has 1 aromatic heterocycles. The summed E-state index contributed by atoms with van der Waals surface area (Å²) in [5, 5.41) is 19.8. The maximum Gasteiger partial charge on any atom is 0.232 e. The molecule has 1 amide bonds. The van der Waals surface area contributed by atoms with E-state index in [1.54, 1.807) is 12.1 Å². The van der Waals surface area contributed by atoms with Crippen LogP contribution in [0.4, 0.5) is 16.5 Å². The van der Waals surface area contributed by atoms with Gasteiger partial charge in [0.1, 0.15) is 16.6 Å². The van der Waals surface area contributed by atoms with Gasteiger partial charge in [-0.1, -0.05) is 22.9 Å². The van der Waals surface area contributed by atoms with Crippen molar-refractivity contribution >= 4 is 45.4 Å². The molecule has 2 rings (SSSR count). The number of benzene rings is 1. The van der Waals surface area contributed by atoms with Gasteiger partial charge in [0.05, 0.1) is 19.9 Å². The van der Waals surface area contributed by atoms with Crippen molar-refractivity contribution in [1.29, 1.82) is 5.26 Å². The van der Waals surface area contributed by atoms with Crippen LogP contribution in [0.5, 0.6) is 11.5 Å². The molecule has 0 radical (unpaired) electrons. The normalized spacial score (nSPS) is 10.5. The number of nitriles is 1. The van der Waals surface area contributed by atoms with Crippen molar-refractivity contribution in [1.82, 2.24) is 4.98 Å². The highest BCUT2D eigenvalue weighted by atomic mass is 35.5. The molecule has 0 aliphatic rings. The molecule has 0 atom stereocenters. The first-order valence-electron chi connectivity index (χ1n) is 6.50. The summed E-state index contributed by atoms with van der Waals surface area (Å²) in [5.74, 6) is 0.586. The molecule has 24 heavy (non-hydrogen) atoms. The molecule has 0 bridgehead atoms. The number of thiazole rings is 1. The highest BCUT2D eigenvalue weighted by Gasteiger charge is 2.13. The van der Waals surface area contributed by atoms with Gasteiger partial charge in [0, 0.05) is 19.1 Å². The molecule has 0 saturated carbocycles. The summed E-state index contributed by atoms with van der Waals surface area (Å²) in [6.07, 6.45) is 0. The quantitative estimate of drug-likeness (QED) is 0.803. The number of carbonyl (C=O) groups is 1. The molecule has 0 spiro atoms. The van der Waals surface area contributed by atoms with Crippen LogP contribution in [-0.4, -0.2) is 25.1 Å². The van der Waals surface area contributed by atoms with Gasteiger partial charge in [-0.15, -0.1) is 10.2 Å². The predicted octanol–water partition coefficient (Wildman–Crippen LogP) is 4.06. The number of anilines is 1. The number of methoxy groups -OCH3 is 2. The highest BCUT2D eigenvalue weighted by Crippen LogP contribution is 2.39. The third kappa shape index (κ3) is 3.98. The number of carbonyl (C=O) groups excluding carboxylic acids is 1. The molecule has 0 saturated heterocycles. The lowest BCUT2D eigenvalue weighted by molar-refractivity contribution is -0.114. The first-order valence-corrected chi connectivity index (χ1v) is 7.69. The minimum Gasteiger partial charge on any atom is -0.493 e. The number of nitrogens with zero attached hydrogens (tertiary/aromatic N) is 4. The van der Waals surface area contributed by atoms with Crippen LogP contribution in [-0.2, 0) is 4.79 Å². The molecular weight excluding hydrogens is 354 g/mol. The Morgan fingerprint density at radius 3 is 2.54 bits per heavy atom. The molecule has 124 valence electrons. The third-order valence-corrected chi connectivity index (χ3v) is 3.96. The fourth-order valence-corrected chi connectivity index (χ4v) is 2.60. The lowest BCUT2D eigenvalue weighted by Gasteiger charge is -2.12. The van der Waals surface area contributed by atoms with Gasteiger partial charge in [0.15, 0.2) is 16.7 Å². The summed E-state index contributed by atoms with van der Waals surface area (Å²) < 4.78 is 10.4. The standard InChI is InChI=1S/C14H12ClN5O3S/c1-7(21)17-8-4-10(22-2)11(23-3)5-9(8)19-20-14-18-13(15)12(6-16)24-14/h4-5H,1-3H3,(H,17,21)/b20-19+. The van der Waals surface area contributed by atoms with Crippen LogP contribution in [0, 0.1) is 11.3 Å². The van der Waals surface area contributed by atoms with E-state index >= 15 is 0 Å². The molecule has 10 heteroatoms. The number of hydrogen-bond acceptors (Lipinski definition) is 8. The highest BCUT2D eigenvalue weighted by molar-refractivity contribution is 7.16. The predicted molar refractivity (Wildman–Crippen MR) is 89.9 cm³/mol. The Labute approximate surface area is 146 Å². The van der Waals surface area contributed by atoms with E-state index in [9.17, 15) is 4.79 Å². The van der Waals surface area contributed by atoms with Crippen molar-refractivity contribution in [2.24, 2.45) is 10.2 Å². The zero-order valence-electron chi connectivity index (χ0n) is 13.0. The van der Waals surface area contributed by atoms with Gasteiger partial charge in [0.2, 0.25) is 11.0 Å². The van der Waals surface area contributed by atoms with Crippen molar-refractivity contribution < 1.29 is 14.3 Å². The van der Waals surface area contributed by atoms with Crippen LogP contribution < -0.4 is 14.8 Å². The van der Waals surface area contributed by atoms with Gasteiger partial charge in [-0.25, -0.2) is 4.98 Å². The number of azo groups is 1. The summed E-state index contributed by atoms with van der Waals surface area (Å²) in [6.45, 7) is 1.37. The van der Waals surface area contributed by atoms with Gasteiger partial charge in [-0.05, 0) is 0 Å². The van der Waals surface area contributed by atoms with Gasteiger partial charge in [0.25, 0.3) is 0 Å². The van der Waals surface area contributed by atoms with Crippen LogP contribution in [0.15, 0.2) is 22.4 Å². The molecule has 1 N–H and O–H groups in total. The van der Waals surface area contributed by atoms with Gasteiger partial charge in [-0.2, -0.15) is 5.26 Å². The Morgan fingerprint density at radius 1 is 1.33 bits per heavy atom. The molecule has 1 aromatic carbocycles. The second-order valence-corrected chi connectivity index (χ2v) is 5.67. The molecule has 8 nitrogen and oxygen atoms in total. The van der Waals surface area contributed by atoms with E-state index in [4.69, 9.17) is 26.3 Å². The van der Waals surface area contributed by atoms with E-state index in [2.05, 4.69) is 20.5 Å². The molecular formula is C14H12ClN5O3S. The van der Waals surface area contributed by atoms with Crippen LogP contribution in [0.25, 0.3) is 0 Å². The van der Waals surface area contributed by atoms with E-state index in [1.165, 1.54) is 21.1 Å². The van der Waals surface area contributed by atoms with Crippen molar-refractivity contribution in [3.8, 4) is 17.6 Å². The Balaban J connectivity index is 2.44. The minimum atomic E-state index is -0.275. The first-order chi connectivity index (χ1) is 11.5. The fourth-order valence-electron chi connectivity index (χ4n) is 1.74. The van der Waals surface area contributed by atoms with E-state index < -0.39 is 0 Å². The second kappa shape index (κ2) is 7.72. The Hall–Kier alpha value is -2.70. The van der Waals surface area contributed by atoms with Crippen molar-refractivity contribution in [3.05, 3.63) is 22.2 Å². The fraction of sp³-hybridized carbons (Fsp3) is 0.214.